The number of carbonyl (C=O) groups is 1. The molecule has 0 aliphatic rings. The predicted octanol–water partition coefficient (Wildman–Crippen LogP) is 4.98. The number of ether oxygens (including phenoxy) is 2. The molecule has 0 atom stereocenters. The third-order valence-corrected chi connectivity index (χ3v) is 4.34. The van der Waals surface area contributed by atoms with Gasteiger partial charge in [-0.25, -0.2) is 15.0 Å². The molecule has 2 aromatic carbocycles. The lowest BCUT2D eigenvalue weighted by molar-refractivity contribution is 0.102. The summed E-state index contributed by atoms with van der Waals surface area (Å²) in [5.74, 6) is 1.33. The smallest absolute Gasteiger partial charge is 0.255 e. The number of amides is 1. The quantitative estimate of drug-likeness (QED) is 0.461. The molecule has 7 nitrogen and oxygen atoms in total. The minimum Gasteiger partial charge on any atom is -0.494 e. The van der Waals surface area contributed by atoms with Gasteiger partial charge in [-0.1, -0.05) is 12.1 Å². The second-order valence-electron chi connectivity index (χ2n) is 6.50. The second-order valence-corrected chi connectivity index (χ2v) is 6.50. The highest BCUT2D eigenvalue weighted by Gasteiger charge is 2.12. The van der Waals surface area contributed by atoms with E-state index in [9.17, 15) is 4.79 Å². The van der Waals surface area contributed by atoms with E-state index >= 15 is 0 Å². The molecular formula is C24H20N4O3. The minimum atomic E-state index is -0.254. The van der Waals surface area contributed by atoms with E-state index in [0.717, 1.165) is 5.56 Å². The van der Waals surface area contributed by atoms with Crippen molar-refractivity contribution in [2.45, 2.75) is 6.92 Å². The molecule has 0 aliphatic carbocycles. The Morgan fingerprint density at radius 3 is 2.65 bits per heavy atom. The third-order valence-electron chi connectivity index (χ3n) is 4.34. The van der Waals surface area contributed by atoms with Crippen LogP contribution in [-0.4, -0.2) is 27.5 Å². The summed E-state index contributed by atoms with van der Waals surface area (Å²) in [6, 6.07) is 19.6. The maximum absolute atomic E-state index is 12.7. The molecule has 0 bridgehead atoms. The van der Waals surface area contributed by atoms with Crippen molar-refractivity contribution in [2.75, 3.05) is 11.9 Å². The largest absolute Gasteiger partial charge is 0.494 e. The van der Waals surface area contributed by atoms with Gasteiger partial charge >= 0.3 is 0 Å². The van der Waals surface area contributed by atoms with E-state index in [0.29, 0.717) is 40.9 Å². The van der Waals surface area contributed by atoms with Gasteiger partial charge in [0.25, 0.3) is 5.91 Å². The van der Waals surface area contributed by atoms with Gasteiger partial charge in [-0.15, -0.1) is 0 Å². The first kappa shape index (κ1) is 20.0. The Balaban J connectivity index is 1.53. The van der Waals surface area contributed by atoms with Crippen molar-refractivity contribution in [3.05, 3.63) is 91.0 Å². The first-order chi connectivity index (χ1) is 15.2. The highest BCUT2D eigenvalue weighted by Crippen LogP contribution is 2.30. The summed E-state index contributed by atoms with van der Waals surface area (Å²) < 4.78 is 11.5. The van der Waals surface area contributed by atoms with E-state index in [1.54, 1.807) is 48.8 Å². The van der Waals surface area contributed by atoms with Crippen LogP contribution in [0.5, 0.6) is 17.4 Å². The van der Waals surface area contributed by atoms with Crippen molar-refractivity contribution in [1.29, 1.82) is 0 Å². The number of rotatable bonds is 7. The normalized spacial score (nSPS) is 10.4. The molecule has 0 saturated carbocycles. The topological polar surface area (TPSA) is 86.2 Å². The average Bonchev–Trinajstić information content (AvgIpc) is 2.81. The van der Waals surface area contributed by atoms with E-state index in [2.05, 4.69) is 20.3 Å². The summed E-state index contributed by atoms with van der Waals surface area (Å²) in [6.45, 7) is 2.47. The number of hydrogen-bond acceptors (Lipinski definition) is 6. The van der Waals surface area contributed by atoms with Gasteiger partial charge in [-0.3, -0.25) is 4.79 Å². The maximum atomic E-state index is 12.7. The molecule has 1 N–H and O–H groups in total. The van der Waals surface area contributed by atoms with Gasteiger partial charge in [0.2, 0.25) is 5.88 Å². The fourth-order valence-electron chi connectivity index (χ4n) is 2.96. The lowest BCUT2D eigenvalue weighted by Crippen LogP contribution is -2.12. The molecule has 4 aromatic rings. The Bertz CT molecular complexity index is 1180. The molecular weight excluding hydrogens is 392 g/mol. The van der Waals surface area contributed by atoms with Gasteiger partial charge in [0.15, 0.2) is 0 Å². The van der Waals surface area contributed by atoms with E-state index < -0.39 is 0 Å². The van der Waals surface area contributed by atoms with Gasteiger partial charge in [0, 0.05) is 29.7 Å². The summed E-state index contributed by atoms with van der Waals surface area (Å²) in [7, 11) is 0. The van der Waals surface area contributed by atoms with Gasteiger partial charge < -0.3 is 14.8 Å². The monoisotopic (exact) mass is 412 g/mol. The summed E-state index contributed by atoms with van der Waals surface area (Å²) in [4.78, 5) is 25.3. The maximum Gasteiger partial charge on any atom is 0.255 e. The highest BCUT2D eigenvalue weighted by molar-refractivity contribution is 6.04. The molecule has 154 valence electrons. The summed E-state index contributed by atoms with van der Waals surface area (Å²) >= 11 is 0. The molecule has 0 saturated heterocycles. The number of nitrogens with one attached hydrogen (secondary N) is 1. The van der Waals surface area contributed by atoms with Crippen LogP contribution in [0.4, 0.5) is 5.69 Å². The Morgan fingerprint density at radius 1 is 0.935 bits per heavy atom. The zero-order valence-electron chi connectivity index (χ0n) is 16.9. The first-order valence-electron chi connectivity index (χ1n) is 9.76. The highest BCUT2D eigenvalue weighted by atomic mass is 16.5. The third kappa shape index (κ3) is 5.02. The van der Waals surface area contributed by atoms with E-state index in [1.165, 1.54) is 6.33 Å². The van der Waals surface area contributed by atoms with Crippen LogP contribution in [0.15, 0.2) is 85.5 Å². The number of hydrogen-bond donors (Lipinski definition) is 1. The Kier molecular flexibility index (Phi) is 6.13. The average molecular weight is 412 g/mol. The molecule has 4 rings (SSSR count). The van der Waals surface area contributed by atoms with Crippen molar-refractivity contribution in [3.8, 4) is 28.6 Å². The number of carbonyl (C=O) groups excluding carboxylic acids is 1. The molecule has 0 unspecified atom stereocenters. The van der Waals surface area contributed by atoms with Crippen LogP contribution in [-0.2, 0) is 0 Å². The summed E-state index contributed by atoms with van der Waals surface area (Å²) in [6.07, 6.45) is 4.77. The van der Waals surface area contributed by atoms with Gasteiger partial charge in [0.1, 0.15) is 17.8 Å². The van der Waals surface area contributed by atoms with Crippen LogP contribution < -0.4 is 14.8 Å². The lowest BCUT2D eigenvalue weighted by Gasteiger charge is -2.11. The van der Waals surface area contributed by atoms with Crippen molar-refractivity contribution < 1.29 is 14.3 Å². The number of nitrogens with zero attached hydrogens (tertiary/aromatic N) is 3. The van der Waals surface area contributed by atoms with Crippen molar-refractivity contribution in [2.24, 2.45) is 0 Å². The fraction of sp³-hybridized carbons (Fsp3) is 0.0833. The van der Waals surface area contributed by atoms with Crippen LogP contribution in [0, 0.1) is 0 Å². The second kappa shape index (κ2) is 9.49. The zero-order chi connectivity index (χ0) is 21.5. The molecule has 31 heavy (non-hydrogen) atoms. The molecule has 2 heterocycles. The Hall–Kier alpha value is -4.26. The van der Waals surface area contributed by atoms with E-state index in [-0.39, 0.29) is 5.91 Å². The first-order valence-corrected chi connectivity index (χ1v) is 9.76. The molecule has 0 spiro atoms. The lowest BCUT2D eigenvalue weighted by atomic mass is 10.2. The van der Waals surface area contributed by atoms with Crippen LogP contribution >= 0.6 is 0 Å². The predicted molar refractivity (Wildman–Crippen MR) is 117 cm³/mol. The molecule has 0 aliphatic heterocycles. The van der Waals surface area contributed by atoms with Crippen molar-refractivity contribution in [1.82, 2.24) is 15.0 Å². The summed E-state index contributed by atoms with van der Waals surface area (Å²) in [5.41, 5.74) is 2.53. The van der Waals surface area contributed by atoms with Gasteiger partial charge in [0.05, 0.1) is 17.9 Å². The van der Waals surface area contributed by atoms with Gasteiger partial charge in [-0.05, 0) is 55.5 Å². The fourth-order valence-corrected chi connectivity index (χ4v) is 2.96. The summed E-state index contributed by atoms with van der Waals surface area (Å²) in [5, 5.41) is 2.88. The van der Waals surface area contributed by atoms with Crippen LogP contribution in [0.1, 0.15) is 17.3 Å². The van der Waals surface area contributed by atoms with Crippen molar-refractivity contribution in [3.63, 3.8) is 0 Å². The van der Waals surface area contributed by atoms with Crippen LogP contribution in [0.3, 0.4) is 0 Å². The number of anilines is 1. The molecule has 7 heteroatoms. The Morgan fingerprint density at radius 2 is 1.81 bits per heavy atom. The molecule has 0 radical (unpaired) electrons. The zero-order valence-corrected chi connectivity index (χ0v) is 16.9. The number of aromatic nitrogens is 3. The Labute approximate surface area is 179 Å². The SMILES string of the molecule is CCOc1cccc(NC(=O)c2cccc(Oc3ncccc3-c3ccncn3)c2)c1. The molecule has 1 amide bonds. The number of pyridine rings is 1. The van der Waals surface area contributed by atoms with E-state index in [1.807, 2.05) is 37.3 Å². The molecule has 2 aromatic heterocycles. The minimum absolute atomic E-state index is 0.254. The number of benzene rings is 2. The van der Waals surface area contributed by atoms with Crippen LogP contribution in [0.2, 0.25) is 0 Å². The van der Waals surface area contributed by atoms with E-state index in [4.69, 9.17) is 9.47 Å². The van der Waals surface area contributed by atoms with Gasteiger partial charge in [-0.2, -0.15) is 0 Å². The van der Waals surface area contributed by atoms with Crippen LogP contribution in [0.25, 0.3) is 11.3 Å². The molecule has 0 fully saturated rings. The standard InChI is InChI=1S/C24H20N4O3/c1-2-30-19-8-4-7-18(15-19)28-23(29)17-6-3-9-20(14-17)31-24-21(10-5-12-26-24)22-11-13-25-16-27-22/h3-16H,2H2,1H3,(H,28,29). The van der Waals surface area contributed by atoms with Crippen molar-refractivity contribution >= 4 is 11.6 Å².